The standard InChI is InChI=1S/C14H13Cl2NOS/c1-2-8-19-13-9-10(6-7-17-13)18-12-5-3-4-11(15)14(12)16/h3-7,9H,2,8H2,1H3. The van der Waals surface area contributed by atoms with Crippen LogP contribution in [0.25, 0.3) is 0 Å². The van der Waals surface area contributed by atoms with Crippen molar-refractivity contribution in [1.82, 2.24) is 4.98 Å². The maximum atomic E-state index is 6.09. The lowest BCUT2D eigenvalue weighted by atomic mass is 10.3. The summed E-state index contributed by atoms with van der Waals surface area (Å²) in [4.78, 5) is 4.28. The molecule has 1 heterocycles. The second-order valence-electron chi connectivity index (χ2n) is 3.83. The van der Waals surface area contributed by atoms with E-state index in [0.29, 0.717) is 21.5 Å². The average molecular weight is 314 g/mol. The zero-order valence-corrected chi connectivity index (χ0v) is 12.7. The van der Waals surface area contributed by atoms with Gasteiger partial charge < -0.3 is 4.74 Å². The highest BCUT2D eigenvalue weighted by Gasteiger charge is 2.07. The summed E-state index contributed by atoms with van der Waals surface area (Å²) < 4.78 is 5.74. The summed E-state index contributed by atoms with van der Waals surface area (Å²) >= 11 is 13.7. The molecule has 0 saturated carbocycles. The quantitative estimate of drug-likeness (QED) is 0.663. The molecule has 2 nitrogen and oxygen atoms in total. The first kappa shape index (κ1) is 14.5. The largest absolute Gasteiger partial charge is 0.456 e. The Balaban J connectivity index is 2.16. The highest BCUT2D eigenvalue weighted by atomic mass is 35.5. The first-order chi connectivity index (χ1) is 9.20. The van der Waals surface area contributed by atoms with Crippen molar-refractivity contribution >= 4 is 35.0 Å². The van der Waals surface area contributed by atoms with Gasteiger partial charge in [0.15, 0.2) is 0 Å². The van der Waals surface area contributed by atoms with Crippen LogP contribution < -0.4 is 4.74 Å². The lowest BCUT2D eigenvalue weighted by molar-refractivity contribution is 0.480. The van der Waals surface area contributed by atoms with Crippen molar-refractivity contribution in [3.8, 4) is 11.5 Å². The minimum atomic E-state index is 0.420. The Morgan fingerprint density at radius 1 is 1.26 bits per heavy atom. The van der Waals surface area contributed by atoms with Gasteiger partial charge in [0, 0.05) is 12.3 Å². The predicted octanol–water partition coefficient (Wildman–Crippen LogP) is 5.68. The molecular formula is C14H13Cl2NOS. The summed E-state index contributed by atoms with van der Waals surface area (Å²) in [6, 6.07) is 9.02. The maximum Gasteiger partial charge on any atom is 0.147 e. The van der Waals surface area contributed by atoms with Gasteiger partial charge in [0.1, 0.15) is 16.5 Å². The maximum absolute atomic E-state index is 6.09. The summed E-state index contributed by atoms with van der Waals surface area (Å²) in [6.45, 7) is 2.14. The second-order valence-corrected chi connectivity index (χ2v) is 5.73. The van der Waals surface area contributed by atoms with Gasteiger partial charge in [-0.05, 0) is 30.4 Å². The van der Waals surface area contributed by atoms with Gasteiger partial charge in [-0.25, -0.2) is 4.98 Å². The number of hydrogen-bond donors (Lipinski definition) is 0. The van der Waals surface area contributed by atoms with Crippen molar-refractivity contribution in [2.24, 2.45) is 0 Å². The third-order valence-electron chi connectivity index (χ3n) is 2.30. The van der Waals surface area contributed by atoms with Crippen LogP contribution in [0.1, 0.15) is 13.3 Å². The van der Waals surface area contributed by atoms with E-state index in [-0.39, 0.29) is 0 Å². The lowest BCUT2D eigenvalue weighted by Crippen LogP contribution is -1.88. The topological polar surface area (TPSA) is 22.1 Å². The Morgan fingerprint density at radius 3 is 2.89 bits per heavy atom. The third-order valence-corrected chi connectivity index (χ3v) is 4.24. The highest BCUT2D eigenvalue weighted by Crippen LogP contribution is 2.35. The van der Waals surface area contributed by atoms with E-state index in [9.17, 15) is 0 Å². The molecule has 0 radical (unpaired) electrons. The second kappa shape index (κ2) is 7.04. The van der Waals surface area contributed by atoms with Crippen LogP contribution in [0.5, 0.6) is 11.5 Å². The van der Waals surface area contributed by atoms with Gasteiger partial charge in [0.25, 0.3) is 0 Å². The monoisotopic (exact) mass is 313 g/mol. The van der Waals surface area contributed by atoms with E-state index in [1.54, 1.807) is 42.2 Å². The molecule has 0 spiro atoms. The van der Waals surface area contributed by atoms with E-state index >= 15 is 0 Å². The number of pyridine rings is 1. The van der Waals surface area contributed by atoms with Crippen LogP contribution >= 0.6 is 35.0 Å². The Morgan fingerprint density at radius 2 is 2.11 bits per heavy atom. The molecule has 0 bridgehead atoms. The van der Waals surface area contributed by atoms with E-state index in [4.69, 9.17) is 27.9 Å². The fourth-order valence-electron chi connectivity index (χ4n) is 1.43. The summed E-state index contributed by atoms with van der Waals surface area (Å²) in [7, 11) is 0. The summed E-state index contributed by atoms with van der Waals surface area (Å²) in [5.74, 6) is 2.29. The van der Waals surface area contributed by atoms with Crippen LogP contribution in [0, 0.1) is 0 Å². The van der Waals surface area contributed by atoms with Crippen LogP contribution in [0.15, 0.2) is 41.6 Å². The molecule has 1 aromatic heterocycles. The van der Waals surface area contributed by atoms with E-state index < -0.39 is 0 Å². The van der Waals surface area contributed by atoms with Crippen LogP contribution in [-0.4, -0.2) is 10.7 Å². The van der Waals surface area contributed by atoms with E-state index in [1.807, 2.05) is 6.07 Å². The Bertz CT molecular complexity index is 563. The summed E-state index contributed by atoms with van der Waals surface area (Å²) in [6.07, 6.45) is 2.84. The molecule has 19 heavy (non-hydrogen) atoms. The minimum Gasteiger partial charge on any atom is -0.456 e. The van der Waals surface area contributed by atoms with Gasteiger partial charge in [0.05, 0.1) is 10.0 Å². The molecule has 0 atom stereocenters. The van der Waals surface area contributed by atoms with Gasteiger partial charge in [-0.2, -0.15) is 0 Å². The van der Waals surface area contributed by atoms with Crippen LogP contribution in [0.3, 0.4) is 0 Å². The van der Waals surface area contributed by atoms with E-state index in [0.717, 1.165) is 17.2 Å². The number of hydrogen-bond acceptors (Lipinski definition) is 3. The number of aromatic nitrogens is 1. The Labute approximate surface area is 127 Å². The highest BCUT2D eigenvalue weighted by molar-refractivity contribution is 7.99. The van der Waals surface area contributed by atoms with Crippen molar-refractivity contribution in [3.05, 3.63) is 46.6 Å². The number of rotatable bonds is 5. The van der Waals surface area contributed by atoms with Crippen molar-refractivity contribution in [2.75, 3.05) is 5.75 Å². The molecule has 0 amide bonds. The van der Waals surface area contributed by atoms with Crippen LogP contribution in [0.2, 0.25) is 10.0 Å². The van der Waals surface area contributed by atoms with Gasteiger partial charge in [-0.3, -0.25) is 0 Å². The summed E-state index contributed by atoms with van der Waals surface area (Å²) in [5.41, 5.74) is 0. The molecule has 2 aromatic rings. The van der Waals surface area contributed by atoms with E-state index in [1.165, 1.54) is 0 Å². The smallest absolute Gasteiger partial charge is 0.147 e. The molecule has 0 aliphatic rings. The van der Waals surface area contributed by atoms with Crippen molar-refractivity contribution in [2.45, 2.75) is 18.4 Å². The van der Waals surface area contributed by atoms with Gasteiger partial charge in [0.2, 0.25) is 0 Å². The van der Waals surface area contributed by atoms with Crippen LogP contribution in [0.4, 0.5) is 0 Å². The zero-order valence-electron chi connectivity index (χ0n) is 10.4. The lowest BCUT2D eigenvalue weighted by Gasteiger charge is -2.09. The molecule has 0 N–H and O–H groups in total. The van der Waals surface area contributed by atoms with Crippen molar-refractivity contribution in [1.29, 1.82) is 0 Å². The van der Waals surface area contributed by atoms with Gasteiger partial charge >= 0.3 is 0 Å². The molecule has 5 heteroatoms. The van der Waals surface area contributed by atoms with Crippen molar-refractivity contribution < 1.29 is 4.74 Å². The molecule has 1 aromatic carbocycles. The predicted molar refractivity (Wildman–Crippen MR) is 81.8 cm³/mol. The normalized spacial score (nSPS) is 10.5. The number of thioether (sulfide) groups is 1. The fourth-order valence-corrected chi connectivity index (χ4v) is 2.51. The molecule has 0 unspecified atom stereocenters. The molecule has 0 aliphatic heterocycles. The number of ether oxygens (including phenoxy) is 1. The molecule has 2 rings (SSSR count). The van der Waals surface area contributed by atoms with E-state index in [2.05, 4.69) is 11.9 Å². The fraction of sp³-hybridized carbons (Fsp3) is 0.214. The SMILES string of the molecule is CCCSc1cc(Oc2cccc(Cl)c2Cl)ccn1. The third kappa shape index (κ3) is 4.03. The number of nitrogens with zero attached hydrogens (tertiary/aromatic N) is 1. The minimum absolute atomic E-state index is 0.420. The van der Waals surface area contributed by atoms with Gasteiger partial charge in [-0.1, -0.05) is 36.2 Å². The van der Waals surface area contributed by atoms with Gasteiger partial charge in [-0.15, -0.1) is 11.8 Å². The first-order valence-corrected chi connectivity index (χ1v) is 7.65. The molecule has 100 valence electrons. The molecule has 0 saturated heterocycles. The van der Waals surface area contributed by atoms with Crippen LogP contribution in [-0.2, 0) is 0 Å². The Hall–Kier alpha value is -0.900. The molecule has 0 fully saturated rings. The summed E-state index contributed by atoms with van der Waals surface area (Å²) in [5, 5.41) is 1.84. The molecule has 0 aliphatic carbocycles. The first-order valence-electron chi connectivity index (χ1n) is 5.91. The zero-order chi connectivity index (χ0) is 13.7. The Kier molecular flexibility index (Phi) is 5.37. The average Bonchev–Trinajstić information content (AvgIpc) is 2.42. The number of benzene rings is 1. The number of halogens is 2. The molecular weight excluding hydrogens is 301 g/mol. The van der Waals surface area contributed by atoms with Crippen molar-refractivity contribution in [3.63, 3.8) is 0 Å².